The Labute approximate surface area is 269 Å². The molecule has 0 bridgehead atoms. The van der Waals surface area contributed by atoms with Gasteiger partial charge in [-0.3, -0.25) is 9.69 Å². The molecule has 6 rings (SSSR count). The number of amides is 2. The fourth-order valence-electron chi connectivity index (χ4n) is 6.21. The molecule has 0 aromatic carbocycles. The molecule has 0 spiro atoms. The number of piperazine rings is 1. The van der Waals surface area contributed by atoms with Gasteiger partial charge < -0.3 is 35.2 Å². The minimum absolute atomic E-state index is 0.156. The number of ether oxygens (including phenoxy) is 2. The quantitative estimate of drug-likeness (QED) is 0.353. The van der Waals surface area contributed by atoms with E-state index in [0.717, 1.165) is 67.3 Å². The molecule has 3 aliphatic heterocycles. The molecule has 46 heavy (non-hydrogen) atoms. The number of hydrogen-bond donors (Lipinski definition) is 2. The van der Waals surface area contributed by atoms with Gasteiger partial charge in [0.25, 0.3) is 12.3 Å². The van der Waals surface area contributed by atoms with Gasteiger partial charge >= 0.3 is 6.09 Å². The second kappa shape index (κ2) is 13.8. The summed E-state index contributed by atoms with van der Waals surface area (Å²) < 4.78 is 39.9. The second-order valence-electron chi connectivity index (χ2n) is 11.8. The van der Waals surface area contributed by atoms with Crippen molar-refractivity contribution in [2.45, 2.75) is 25.3 Å². The first-order chi connectivity index (χ1) is 22.2. The molecule has 1 atom stereocenters. The smallest absolute Gasteiger partial charge is 0.410 e. The third kappa shape index (κ3) is 6.73. The van der Waals surface area contributed by atoms with Gasteiger partial charge in [0.15, 0.2) is 5.82 Å². The van der Waals surface area contributed by atoms with Crippen LogP contribution in [0.2, 0.25) is 0 Å². The lowest BCUT2D eigenvalue weighted by atomic mass is 10.0. The molecule has 3 N–H and O–H groups in total. The van der Waals surface area contributed by atoms with Crippen molar-refractivity contribution in [3.05, 3.63) is 40.0 Å². The Bertz CT molecular complexity index is 1600. The summed E-state index contributed by atoms with van der Waals surface area (Å²) in [6.07, 6.45) is 1.74. The van der Waals surface area contributed by atoms with Crippen molar-refractivity contribution in [1.82, 2.24) is 34.6 Å². The highest BCUT2D eigenvalue weighted by atomic mass is 32.1. The van der Waals surface area contributed by atoms with Crippen LogP contribution in [0.5, 0.6) is 5.75 Å². The Morgan fingerprint density at radius 1 is 1.20 bits per heavy atom. The molecule has 3 aliphatic rings. The molecule has 2 fully saturated rings. The molecule has 3 aromatic rings. The topological polar surface area (TPSA) is 134 Å². The number of carbonyl (C=O) groups excluding carboxylic acids is 2. The van der Waals surface area contributed by atoms with Gasteiger partial charge in [0, 0.05) is 64.5 Å². The van der Waals surface area contributed by atoms with E-state index in [0.29, 0.717) is 50.7 Å². The minimum atomic E-state index is -2.70. The summed E-state index contributed by atoms with van der Waals surface area (Å²) >= 11 is 0.772. The van der Waals surface area contributed by atoms with Crippen LogP contribution < -0.4 is 20.7 Å². The molecule has 13 nitrogen and oxygen atoms in total. The number of likely N-dealkylation sites (N-methyl/N-ethyl adjacent to an activating group) is 1. The Hall–Kier alpha value is -4.02. The zero-order valence-corrected chi connectivity index (χ0v) is 26.8. The van der Waals surface area contributed by atoms with Crippen LogP contribution in [-0.2, 0) is 4.74 Å². The van der Waals surface area contributed by atoms with E-state index < -0.39 is 18.4 Å². The average molecular weight is 660 g/mol. The summed E-state index contributed by atoms with van der Waals surface area (Å²) in [6, 6.07) is 3.02. The van der Waals surface area contributed by atoms with E-state index in [4.69, 9.17) is 15.2 Å². The van der Waals surface area contributed by atoms with E-state index in [-0.39, 0.29) is 21.5 Å². The van der Waals surface area contributed by atoms with Crippen molar-refractivity contribution in [2.24, 2.45) is 0 Å². The molecule has 3 aromatic heterocycles. The van der Waals surface area contributed by atoms with Crippen molar-refractivity contribution >= 4 is 45.9 Å². The Morgan fingerprint density at radius 2 is 2.00 bits per heavy atom. The number of carbonyl (C=O) groups is 2. The van der Waals surface area contributed by atoms with Crippen molar-refractivity contribution in [2.75, 3.05) is 90.3 Å². The van der Waals surface area contributed by atoms with Crippen LogP contribution in [0.25, 0.3) is 11.1 Å². The van der Waals surface area contributed by atoms with Gasteiger partial charge in [0.1, 0.15) is 29.1 Å². The van der Waals surface area contributed by atoms with E-state index in [1.54, 1.807) is 9.42 Å². The van der Waals surface area contributed by atoms with E-state index in [1.807, 2.05) is 12.1 Å². The number of halogens is 2. The van der Waals surface area contributed by atoms with Crippen molar-refractivity contribution in [3.63, 3.8) is 0 Å². The fraction of sp³-hybridized carbons (Fsp3) is 0.533. The van der Waals surface area contributed by atoms with Crippen LogP contribution in [0.3, 0.4) is 0 Å². The van der Waals surface area contributed by atoms with Gasteiger partial charge in [0.05, 0.1) is 29.9 Å². The monoisotopic (exact) mass is 659 g/mol. The van der Waals surface area contributed by atoms with E-state index in [1.165, 1.54) is 19.5 Å². The van der Waals surface area contributed by atoms with E-state index in [2.05, 4.69) is 37.1 Å². The maximum absolute atomic E-state index is 13.7. The Kier molecular flexibility index (Phi) is 9.56. The Balaban J connectivity index is 1.16. The molecular formula is C30H39F2N9O4S. The number of nitrogen functional groups attached to an aromatic ring is 1. The molecule has 2 amide bonds. The van der Waals surface area contributed by atoms with Crippen molar-refractivity contribution in [1.29, 1.82) is 0 Å². The van der Waals surface area contributed by atoms with Crippen LogP contribution in [0, 0.1) is 0 Å². The number of alkyl halides is 2. The molecule has 0 radical (unpaired) electrons. The third-order valence-electron chi connectivity index (χ3n) is 8.74. The molecule has 0 saturated carbocycles. The maximum Gasteiger partial charge on any atom is 0.410 e. The minimum Gasteiger partial charge on any atom is -0.491 e. The second-order valence-corrected chi connectivity index (χ2v) is 12.9. The summed E-state index contributed by atoms with van der Waals surface area (Å²) in [7, 11) is 3.43. The first kappa shape index (κ1) is 31.9. The maximum atomic E-state index is 13.7. The number of aromatic nitrogens is 3. The van der Waals surface area contributed by atoms with Gasteiger partial charge in [-0.1, -0.05) is 6.08 Å². The zero-order valence-electron chi connectivity index (χ0n) is 26.0. The predicted octanol–water partition coefficient (Wildman–Crippen LogP) is 2.80. The average Bonchev–Trinajstić information content (AvgIpc) is 3.80. The van der Waals surface area contributed by atoms with Crippen LogP contribution >= 0.6 is 11.3 Å². The molecule has 0 aliphatic carbocycles. The van der Waals surface area contributed by atoms with Gasteiger partial charge in [-0.2, -0.15) is 5.10 Å². The molecule has 16 heteroatoms. The highest BCUT2D eigenvalue weighted by molar-refractivity contribution is 7.14. The number of nitrogens with two attached hydrogens (primary N) is 1. The number of fused-ring (bicyclic) bond motifs is 1. The summed E-state index contributed by atoms with van der Waals surface area (Å²) in [5.41, 5.74) is 9.49. The fourth-order valence-corrected chi connectivity index (χ4v) is 7.07. The highest BCUT2D eigenvalue weighted by Crippen LogP contribution is 2.37. The predicted molar refractivity (Wildman–Crippen MR) is 171 cm³/mol. The lowest BCUT2D eigenvalue weighted by Gasteiger charge is -2.34. The first-order valence-corrected chi connectivity index (χ1v) is 16.2. The summed E-state index contributed by atoms with van der Waals surface area (Å²) in [5.74, 6) is 0.0726. The zero-order chi connectivity index (χ0) is 32.4. The lowest BCUT2D eigenvalue weighted by molar-refractivity contribution is 0.0931. The number of rotatable bonds is 9. The van der Waals surface area contributed by atoms with Crippen LogP contribution in [0.15, 0.2) is 24.5 Å². The largest absolute Gasteiger partial charge is 0.491 e. The van der Waals surface area contributed by atoms with Crippen LogP contribution in [-0.4, -0.2) is 127 Å². The van der Waals surface area contributed by atoms with E-state index in [9.17, 15) is 18.4 Å². The normalized spacial score (nSPS) is 19.6. The standard InChI is InChI=1S/C30H39F2N9O4S/c1-37-8-10-38(11-9-37)12-13-45-23-15-24(27(31)32)46-26(23)29(42)36-20-4-3-6-39(17-20)22-14-21(41-25(22)28(33)34-18-35-41)19-5-7-40(16-19)30(43)44-2/h5,14-15,18,20,27H,3-4,6-13,16-17H2,1-2H3,(H,36,42)(H2,33,34,35)/t20-/m1/s1. The number of piperidine rings is 1. The number of nitrogens with one attached hydrogen (secondary N) is 1. The van der Waals surface area contributed by atoms with Gasteiger partial charge in [-0.15, -0.1) is 11.3 Å². The first-order valence-electron chi connectivity index (χ1n) is 15.4. The van der Waals surface area contributed by atoms with Gasteiger partial charge in [0.2, 0.25) is 0 Å². The number of thiophene rings is 1. The third-order valence-corrected chi connectivity index (χ3v) is 9.86. The van der Waals surface area contributed by atoms with Gasteiger partial charge in [-0.05, 0) is 31.5 Å². The molecule has 0 unspecified atom stereocenters. The van der Waals surface area contributed by atoms with Crippen molar-refractivity contribution in [3.8, 4) is 5.75 Å². The molecular weight excluding hydrogens is 620 g/mol. The van der Waals surface area contributed by atoms with Crippen molar-refractivity contribution < 1.29 is 27.8 Å². The number of nitrogens with zero attached hydrogens (tertiary/aromatic N) is 7. The lowest BCUT2D eigenvalue weighted by Crippen LogP contribution is -2.47. The summed E-state index contributed by atoms with van der Waals surface area (Å²) in [6.45, 7) is 6.68. The number of anilines is 2. The van der Waals surface area contributed by atoms with E-state index >= 15 is 0 Å². The Morgan fingerprint density at radius 3 is 2.76 bits per heavy atom. The highest BCUT2D eigenvalue weighted by Gasteiger charge is 2.30. The van der Waals surface area contributed by atoms with Crippen LogP contribution in [0.1, 0.15) is 39.5 Å². The molecule has 248 valence electrons. The number of methoxy groups -OCH3 is 1. The number of hydrogen-bond acceptors (Lipinski definition) is 11. The molecule has 6 heterocycles. The summed E-state index contributed by atoms with van der Waals surface area (Å²) in [5, 5.41) is 7.53. The summed E-state index contributed by atoms with van der Waals surface area (Å²) in [4.78, 5) is 38.0. The molecule has 2 saturated heterocycles. The SMILES string of the molecule is COC(=O)N1CC=C(c2cc(N3CCC[C@@H](NC(=O)c4sc(C(F)F)cc4OCCN4CCN(C)CC4)C3)c3c(N)ncnn23)C1. The van der Waals surface area contributed by atoms with Crippen LogP contribution in [0.4, 0.5) is 25.1 Å². The van der Waals surface area contributed by atoms with Gasteiger partial charge in [-0.25, -0.2) is 23.1 Å².